The summed E-state index contributed by atoms with van der Waals surface area (Å²) in [7, 11) is 0. The maximum absolute atomic E-state index is 12.7. The Morgan fingerprint density at radius 2 is 2.10 bits per heavy atom. The van der Waals surface area contributed by atoms with Crippen LogP contribution in [0.5, 0.6) is 0 Å². The van der Waals surface area contributed by atoms with Gasteiger partial charge in [-0.2, -0.15) is 13.2 Å². The summed E-state index contributed by atoms with van der Waals surface area (Å²) in [6, 6.07) is 3.27. The van der Waals surface area contributed by atoms with Crippen LogP contribution in [0, 0.1) is 0 Å². The molecule has 1 atom stereocenters. The second-order valence-electron chi connectivity index (χ2n) is 4.54. The Kier molecular flexibility index (Phi) is 4.55. The van der Waals surface area contributed by atoms with E-state index in [-0.39, 0.29) is 5.69 Å². The van der Waals surface area contributed by atoms with Crippen molar-refractivity contribution in [3.63, 3.8) is 0 Å². The highest BCUT2D eigenvalue weighted by Gasteiger charge is 2.33. The number of benzene rings is 1. The van der Waals surface area contributed by atoms with Gasteiger partial charge in [0.05, 0.1) is 10.6 Å². The van der Waals surface area contributed by atoms with Crippen molar-refractivity contribution < 1.29 is 22.7 Å². The van der Waals surface area contributed by atoms with E-state index in [9.17, 15) is 18.0 Å². The average Bonchev–Trinajstić information content (AvgIpc) is 2.40. The molecule has 0 radical (unpaired) electrons. The number of halogens is 4. The Bertz CT molecular complexity index is 499. The van der Waals surface area contributed by atoms with Crippen LogP contribution in [0.2, 0.25) is 5.02 Å². The van der Waals surface area contributed by atoms with Gasteiger partial charge in [0.15, 0.2) is 0 Å². The van der Waals surface area contributed by atoms with Gasteiger partial charge in [-0.15, -0.1) is 0 Å². The van der Waals surface area contributed by atoms with Crippen LogP contribution in [0.1, 0.15) is 24.8 Å². The highest BCUT2D eigenvalue weighted by Crippen LogP contribution is 2.36. The summed E-state index contributed by atoms with van der Waals surface area (Å²) in [6.45, 7) is 0.493. The molecule has 20 heavy (non-hydrogen) atoms. The maximum Gasteiger partial charge on any atom is 0.417 e. The van der Waals surface area contributed by atoms with E-state index in [0.29, 0.717) is 13.0 Å². The monoisotopic (exact) mass is 307 g/mol. The van der Waals surface area contributed by atoms with Crippen molar-refractivity contribution in [3.8, 4) is 0 Å². The zero-order valence-corrected chi connectivity index (χ0v) is 11.2. The molecule has 2 rings (SSSR count). The van der Waals surface area contributed by atoms with E-state index in [1.807, 2.05) is 0 Å². The van der Waals surface area contributed by atoms with Crippen LogP contribution in [0.15, 0.2) is 18.2 Å². The average molecular weight is 308 g/mol. The van der Waals surface area contributed by atoms with E-state index in [1.165, 1.54) is 6.07 Å². The highest BCUT2D eigenvalue weighted by atomic mass is 35.5. The van der Waals surface area contributed by atoms with Crippen LogP contribution in [0.4, 0.5) is 18.9 Å². The van der Waals surface area contributed by atoms with Crippen LogP contribution in [0.25, 0.3) is 0 Å². The van der Waals surface area contributed by atoms with Crippen molar-refractivity contribution in [2.45, 2.75) is 31.5 Å². The summed E-state index contributed by atoms with van der Waals surface area (Å²) in [5.41, 5.74) is -0.914. The largest absolute Gasteiger partial charge is 0.417 e. The van der Waals surface area contributed by atoms with E-state index in [4.69, 9.17) is 16.3 Å². The summed E-state index contributed by atoms with van der Waals surface area (Å²) in [4.78, 5) is 11.9. The molecule has 1 fully saturated rings. The molecule has 0 aromatic heterocycles. The van der Waals surface area contributed by atoms with Gasteiger partial charge in [-0.3, -0.25) is 4.79 Å². The van der Waals surface area contributed by atoms with E-state index >= 15 is 0 Å². The first-order valence-electron chi connectivity index (χ1n) is 6.17. The van der Waals surface area contributed by atoms with Crippen molar-refractivity contribution >= 4 is 23.2 Å². The molecule has 0 spiro atoms. The Morgan fingerprint density at radius 3 is 2.70 bits per heavy atom. The second kappa shape index (κ2) is 6.01. The quantitative estimate of drug-likeness (QED) is 0.901. The Morgan fingerprint density at radius 1 is 1.35 bits per heavy atom. The molecule has 0 aliphatic carbocycles. The molecular weight excluding hydrogens is 295 g/mol. The molecule has 1 unspecified atom stereocenters. The predicted octanol–water partition coefficient (Wildman–Crippen LogP) is 3.87. The summed E-state index contributed by atoms with van der Waals surface area (Å²) in [5.74, 6) is -0.430. The summed E-state index contributed by atoms with van der Waals surface area (Å²) < 4.78 is 43.4. The lowest BCUT2D eigenvalue weighted by Crippen LogP contribution is -2.33. The SMILES string of the molecule is O=C(Nc1ccc(Cl)c(C(F)(F)F)c1)C1CCCCO1. The minimum absolute atomic E-state index is 0.0564. The van der Waals surface area contributed by atoms with E-state index in [0.717, 1.165) is 25.0 Å². The molecule has 1 N–H and O–H groups in total. The first kappa shape index (κ1) is 15.1. The van der Waals surface area contributed by atoms with Gasteiger partial charge in [-0.25, -0.2) is 0 Å². The predicted molar refractivity (Wildman–Crippen MR) is 68.7 cm³/mol. The lowest BCUT2D eigenvalue weighted by Gasteiger charge is -2.22. The van der Waals surface area contributed by atoms with Gasteiger partial charge in [0.2, 0.25) is 0 Å². The van der Waals surface area contributed by atoms with E-state index < -0.39 is 28.8 Å². The Hall–Kier alpha value is -1.27. The third-order valence-electron chi connectivity index (χ3n) is 3.01. The number of rotatable bonds is 2. The number of alkyl halides is 3. The first-order chi connectivity index (χ1) is 9.38. The molecule has 7 heteroatoms. The molecule has 1 saturated heterocycles. The fourth-order valence-corrected chi connectivity index (χ4v) is 2.22. The fourth-order valence-electron chi connectivity index (χ4n) is 1.99. The number of anilines is 1. The third kappa shape index (κ3) is 3.64. The lowest BCUT2D eigenvalue weighted by atomic mass is 10.1. The number of ether oxygens (including phenoxy) is 1. The van der Waals surface area contributed by atoms with Gasteiger partial charge in [0.25, 0.3) is 5.91 Å². The first-order valence-corrected chi connectivity index (χ1v) is 6.55. The number of hydrogen-bond donors (Lipinski definition) is 1. The molecule has 0 bridgehead atoms. The van der Waals surface area contributed by atoms with Gasteiger partial charge < -0.3 is 10.1 Å². The van der Waals surface area contributed by atoms with Gasteiger partial charge in [-0.1, -0.05) is 11.6 Å². The number of carbonyl (C=O) groups is 1. The van der Waals surface area contributed by atoms with Gasteiger partial charge in [0, 0.05) is 12.3 Å². The second-order valence-corrected chi connectivity index (χ2v) is 4.94. The molecule has 1 aromatic carbocycles. The number of carbonyl (C=O) groups excluding carboxylic acids is 1. The zero-order chi connectivity index (χ0) is 14.8. The van der Waals surface area contributed by atoms with Crippen LogP contribution in [-0.4, -0.2) is 18.6 Å². The van der Waals surface area contributed by atoms with Crippen molar-refractivity contribution in [1.29, 1.82) is 0 Å². The lowest BCUT2D eigenvalue weighted by molar-refractivity contribution is -0.137. The topological polar surface area (TPSA) is 38.3 Å². The zero-order valence-electron chi connectivity index (χ0n) is 10.5. The van der Waals surface area contributed by atoms with Crippen molar-refractivity contribution in [2.24, 2.45) is 0 Å². The van der Waals surface area contributed by atoms with Gasteiger partial charge in [0.1, 0.15) is 6.10 Å². The molecule has 1 aliphatic heterocycles. The Labute approximate surface area is 119 Å². The number of amides is 1. The van der Waals surface area contributed by atoms with Crippen molar-refractivity contribution in [2.75, 3.05) is 11.9 Å². The van der Waals surface area contributed by atoms with Crippen LogP contribution in [-0.2, 0) is 15.7 Å². The molecule has 1 aliphatic rings. The highest BCUT2D eigenvalue weighted by molar-refractivity contribution is 6.31. The molecule has 1 heterocycles. The minimum atomic E-state index is -4.56. The molecule has 3 nitrogen and oxygen atoms in total. The molecule has 0 saturated carbocycles. The smallest absolute Gasteiger partial charge is 0.368 e. The van der Waals surface area contributed by atoms with Crippen LogP contribution >= 0.6 is 11.6 Å². The minimum Gasteiger partial charge on any atom is -0.368 e. The summed E-state index contributed by atoms with van der Waals surface area (Å²) >= 11 is 5.51. The number of nitrogens with one attached hydrogen (secondary N) is 1. The van der Waals surface area contributed by atoms with Crippen LogP contribution < -0.4 is 5.32 Å². The third-order valence-corrected chi connectivity index (χ3v) is 3.34. The molecule has 1 aromatic rings. The van der Waals surface area contributed by atoms with E-state index in [2.05, 4.69) is 5.32 Å². The molecule has 110 valence electrons. The molecule has 1 amide bonds. The fraction of sp³-hybridized carbons (Fsp3) is 0.462. The van der Waals surface area contributed by atoms with Gasteiger partial charge >= 0.3 is 6.18 Å². The van der Waals surface area contributed by atoms with Gasteiger partial charge in [-0.05, 0) is 37.5 Å². The Balaban J connectivity index is 2.11. The van der Waals surface area contributed by atoms with Crippen molar-refractivity contribution in [1.82, 2.24) is 0 Å². The normalized spacial score (nSPS) is 19.7. The standard InChI is InChI=1S/C13H13ClF3NO2/c14-10-5-4-8(7-9(10)13(15,16)17)18-12(19)11-3-1-2-6-20-11/h4-5,7,11H,1-3,6H2,(H,18,19). The molecular formula is C13H13ClF3NO2. The number of hydrogen-bond acceptors (Lipinski definition) is 2. The maximum atomic E-state index is 12.7. The van der Waals surface area contributed by atoms with E-state index in [1.54, 1.807) is 0 Å². The van der Waals surface area contributed by atoms with Crippen molar-refractivity contribution in [3.05, 3.63) is 28.8 Å². The summed E-state index contributed by atoms with van der Waals surface area (Å²) in [5, 5.41) is 2.03. The van der Waals surface area contributed by atoms with Crippen LogP contribution in [0.3, 0.4) is 0 Å². The summed E-state index contributed by atoms with van der Waals surface area (Å²) in [6.07, 6.45) is -2.83.